The summed E-state index contributed by atoms with van der Waals surface area (Å²) in [5.41, 5.74) is 5.74. The van der Waals surface area contributed by atoms with Crippen molar-refractivity contribution in [2.45, 2.75) is 37.4 Å². The lowest BCUT2D eigenvalue weighted by Crippen LogP contribution is -2.35. The average molecular weight is 701 g/mol. The van der Waals surface area contributed by atoms with E-state index in [2.05, 4.69) is 64.9 Å². The summed E-state index contributed by atoms with van der Waals surface area (Å²) in [5.74, 6) is 5.15. The van der Waals surface area contributed by atoms with Gasteiger partial charge in [0.2, 0.25) is 11.6 Å². The number of nitrogens with zero attached hydrogens (tertiary/aromatic N) is 10. The van der Waals surface area contributed by atoms with E-state index in [1.165, 1.54) is 25.1 Å². The summed E-state index contributed by atoms with van der Waals surface area (Å²) < 4.78 is 0. The Labute approximate surface area is 297 Å². The number of hydrogen-bond acceptors (Lipinski definition) is 14. The third-order valence-corrected chi connectivity index (χ3v) is 11.4. The van der Waals surface area contributed by atoms with Crippen LogP contribution >= 0.6 is 0 Å². The van der Waals surface area contributed by atoms with E-state index in [1.807, 2.05) is 24.3 Å². The summed E-state index contributed by atoms with van der Waals surface area (Å²) in [5, 5.41) is 24.8. The van der Waals surface area contributed by atoms with Crippen molar-refractivity contribution in [2.75, 3.05) is 93.4 Å². The normalized spacial score (nSPS) is 28.1. The van der Waals surface area contributed by atoms with E-state index in [9.17, 15) is 20.2 Å². The summed E-state index contributed by atoms with van der Waals surface area (Å²) >= 11 is 0. The van der Waals surface area contributed by atoms with Crippen molar-refractivity contribution in [2.24, 2.45) is 17.8 Å². The lowest BCUT2D eigenvalue weighted by atomic mass is 10.1. The fraction of sp³-hybridized carbons (Fsp3) is 0.571. The molecule has 9 rings (SSSR count). The zero-order valence-electron chi connectivity index (χ0n) is 29.3. The Bertz CT molecular complexity index is 1710. The molecule has 0 aliphatic carbocycles. The van der Waals surface area contributed by atoms with Gasteiger partial charge in [-0.25, -0.2) is 4.98 Å². The van der Waals surface area contributed by atoms with Gasteiger partial charge >= 0.3 is 11.6 Å². The van der Waals surface area contributed by atoms with E-state index >= 15 is 0 Å². The minimum absolute atomic E-state index is 0.0673. The van der Waals surface area contributed by atoms with Crippen molar-refractivity contribution in [1.82, 2.24) is 30.1 Å². The standard InChI is InChI=1S/C12H16N4O2.C12H18N4.C11H14N4O2/c1-14-7-9-5-6-15(10(9)8-14)11-3-2-4-12(13-11)16(17)18;1-15-7-9-5-6-16(10(9)8-15)12-4-2-3-11(13)14-12;16-15(17)11-3-1-2-10(13-11)14-5-4-8-6-12-7-9(8)14/h2-4,9-10H,5-8H2,1H3;2-4,9-10H,5-8H2,1H3,(H2,13,14);1-3,8-9,12H,4-7H2. The lowest BCUT2D eigenvalue weighted by Gasteiger charge is -2.25. The first-order chi connectivity index (χ1) is 24.6. The molecule has 6 saturated heterocycles. The fourth-order valence-electron chi connectivity index (χ4n) is 8.99. The molecule has 0 saturated carbocycles. The van der Waals surface area contributed by atoms with Crippen LogP contribution in [0, 0.1) is 38.0 Å². The van der Waals surface area contributed by atoms with Gasteiger partial charge < -0.3 is 55.8 Å². The molecule has 6 fully saturated rings. The van der Waals surface area contributed by atoms with Crippen molar-refractivity contribution in [3.63, 3.8) is 0 Å². The SMILES string of the molecule is CN1CC2CCN(c3cccc(N)n3)C2C1.CN1CC2CCN(c3cccc([N+](=O)[O-])n3)C2C1.O=[N+]([O-])c1cccc(N2CCC3CNCC32)n1. The molecule has 272 valence electrons. The topological polar surface area (TPSA) is 179 Å². The van der Waals surface area contributed by atoms with Crippen LogP contribution in [0.25, 0.3) is 0 Å². The van der Waals surface area contributed by atoms with Crippen LogP contribution in [0.1, 0.15) is 19.3 Å². The molecule has 51 heavy (non-hydrogen) atoms. The van der Waals surface area contributed by atoms with Gasteiger partial charge in [0.15, 0.2) is 0 Å². The molecule has 16 nitrogen and oxygen atoms in total. The van der Waals surface area contributed by atoms with Gasteiger partial charge in [-0.3, -0.25) is 0 Å². The number of likely N-dealkylation sites (N-methyl/N-ethyl adjacent to an activating group) is 2. The van der Waals surface area contributed by atoms with Crippen molar-refractivity contribution in [3.8, 4) is 0 Å². The van der Waals surface area contributed by atoms with Crippen LogP contribution in [-0.2, 0) is 0 Å². The van der Waals surface area contributed by atoms with E-state index in [4.69, 9.17) is 5.73 Å². The number of aromatic nitrogens is 3. The smallest absolute Gasteiger partial charge is 0.365 e. The second kappa shape index (κ2) is 14.9. The van der Waals surface area contributed by atoms with Crippen LogP contribution in [-0.4, -0.2) is 126 Å². The number of hydrogen-bond donors (Lipinski definition) is 2. The number of nitrogens with one attached hydrogen (secondary N) is 1. The number of rotatable bonds is 5. The van der Waals surface area contributed by atoms with Crippen molar-refractivity contribution < 1.29 is 9.85 Å². The Morgan fingerprint density at radius 3 is 1.57 bits per heavy atom. The summed E-state index contributed by atoms with van der Waals surface area (Å²) in [6.07, 6.45) is 3.58. The van der Waals surface area contributed by atoms with Gasteiger partial charge in [0, 0.05) is 101 Å². The largest absolute Gasteiger partial charge is 0.384 e. The third kappa shape index (κ3) is 7.53. The van der Waals surface area contributed by atoms with Crippen molar-refractivity contribution in [1.29, 1.82) is 0 Å². The molecule has 3 aromatic rings. The first-order valence-corrected chi connectivity index (χ1v) is 18.0. The van der Waals surface area contributed by atoms with Crippen LogP contribution in [0.3, 0.4) is 0 Å². The minimum atomic E-state index is -0.441. The molecule has 3 aromatic heterocycles. The molecule has 6 unspecified atom stereocenters. The fourth-order valence-corrected chi connectivity index (χ4v) is 8.99. The number of nitro groups is 2. The van der Waals surface area contributed by atoms with Gasteiger partial charge in [0.05, 0.1) is 0 Å². The van der Waals surface area contributed by atoms with Crippen LogP contribution < -0.4 is 25.8 Å². The maximum atomic E-state index is 10.8. The van der Waals surface area contributed by atoms with E-state index in [0.717, 1.165) is 88.6 Å². The number of anilines is 4. The van der Waals surface area contributed by atoms with E-state index in [1.54, 1.807) is 12.1 Å². The third-order valence-electron chi connectivity index (χ3n) is 11.4. The molecule has 9 heterocycles. The zero-order valence-corrected chi connectivity index (χ0v) is 29.3. The van der Waals surface area contributed by atoms with Crippen molar-refractivity contribution >= 4 is 34.9 Å². The van der Waals surface area contributed by atoms with Gasteiger partial charge in [-0.2, -0.15) is 0 Å². The molecule has 6 aliphatic heterocycles. The number of likely N-dealkylation sites (tertiary alicyclic amines) is 2. The van der Waals surface area contributed by atoms with Crippen LogP contribution in [0.2, 0.25) is 0 Å². The second-order valence-electron chi connectivity index (χ2n) is 14.7. The molecular weight excluding hydrogens is 652 g/mol. The highest BCUT2D eigenvalue weighted by Crippen LogP contribution is 2.35. The first-order valence-electron chi connectivity index (χ1n) is 18.0. The Morgan fingerprint density at radius 1 is 0.627 bits per heavy atom. The second-order valence-corrected chi connectivity index (χ2v) is 14.7. The highest BCUT2D eigenvalue weighted by Gasteiger charge is 2.43. The number of pyridine rings is 3. The Morgan fingerprint density at radius 2 is 1.08 bits per heavy atom. The van der Waals surface area contributed by atoms with Gasteiger partial charge in [-0.05, 0) is 95.2 Å². The average Bonchev–Trinajstić information content (AvgIpc) is 3.96. The first kappa shape index (κ1) is 34.8. The molecule has 0 spiro atoms. The summed E-state index contributed by atoms with van der Waals surface area (Å²) in [6, 6.07) is 17.5. The van der Waals surface area contributed by atoms with E-state index in [0.29, 0.717) is 35.8 Å². The summed E-state index contributed by atoms with van der Waals surface area (Å²) in [4.78, 5) is 44.9. The zero-order chi connectivity index (χ0) is 35.6. The molecule has 0 aromatic carbocycles. The Hall–Kier alpha value is -4.67. The van der Waals surface area contributed by atoms with Crippen LogP contribution in [0.15, 0.2) is 54.6 Å². The maximum absolute atomic E-state index is 10.8. The van der Waals surface area contributed by atoms with E-state index in [-0.39, 0.29) is 11.6 Å². The van der Waals surface area contributed by atoms with Gasteiger partial charge in [0.25, 0.3) is 0 Å². The quantitative estimate of drug-likeness (QED) is 0.293. The minimum Gasteiger partial charge on any atom is -0.384 e. The molecule has 0 bridgehead atoms. The summed E-state index contributed by atoms with van der Waals surface area (Å²) in [7, 11) is 4.32. The molecule has 6 aliphatic rings. The van der Waals surface area contributed by atoms with Crippen LogP contribution in [0.5, 0.6) is 0 Å². The Balaban J connectivity index is 0.000000120. The monoisotopic (exact) mass is 700 g/mol. The lowest BCUT2D eigenvalue weighted by molar-refractivity contribution is -0.389. The summed E-state index contributed by atoms with van der Waals surface area (Å²) in [6.45, 7) is 9.56. The molecular formula is C35H48N12O4. The highest BCUT2D eigenvalue weighted by molar-refractivity contribution is 5.48. The van der Waals surface area contributed by atoms with Crippen molar-refractivity contribution in [3.05, 3.63) is 74.8 Å². The molecule has 0 radical (unpaired) electrons. The molecule has 3 N–H and O–H groups in total. The highest BCUT2D eigenvalue weighted by atomic mass is 16.6. The number of nitrogens with two attached hydrogens (primary N) is 1. The van der Waals surface area contributed by atoms with Gasteiger partial charge in [0.1, 0.15) is 11.6 Å². The van der Waals surface area contributed by atoms with Gasteiger partial charge in [-0.15, -0.1) is 0 Å². The molecule has 0 amide bonds. The molecule has 16 heteroatoms. The maximum Gasteiger partial charge on any atom is 0.365 e. The molecule has 6 atom stereocenters. The van der Waals surface area contributed by atoms with Gasteiger partial charge in [-0.1, -0.05) is 6.07 Å². The van der Waals surface area contributed by atoms with E-state index < -0.39 is 9.85 Å². The number of nitrogen functional groups attached to an aromatic ring is 1. The van der Waals surface area contributed by atoms with Crippen LogP contribution in [0.4, 0.5) is 34.9 Å². The predicted molar refractivity (Wildman–Crippen MR) is 196 cm³/mol. The Kier molecular flexibility index (Phi) is 10.2. The number of fused-ring (bicyclic) bond motifs is 3. The predicted octanol–water partition coefficient (Wildman–Crippen LogP) is 2.72.